The van der Waals surface area contributed by atoms with Crippen molar-refractivity contribution in [1.29, 1.82) is 0 Å². The van der Waals surface area contributed by atoms with Crippen molar-refractivity contribution in [3.8, 4) is 0 Å². The molecule has 1 aromatic carbocycles. The molecule has 0 aromatic heterocycles. The zero-order valence-electron chi connectivity index (χ0n) is 12.5. The Morgan fingerprint density at radius 1 is 1.35 bits per heavy atom. The Hall–Kier alpha value is -1.27. The van der Waals surface area contributed by atoms with Crippen LogP contribution < -0.4 is 10.0 Å². The van der Waals surface area contributed by atoms with Gasteiger partial charge in [-0.2, -0.15) is 0 Å². The van der Waals surface area contributed by atoms with Crippen LogP contribution in [0.15, 0.2) is 18.2 Å². The maximum absolute atomic E-state index is 11.2. The summed E-state index contributed by atoms with van der Waals surface area (Å²) in [5.74, 6) is 0. The van der Waals surface area contributed by atoms with Crippen molar-refractivity contribution >= 4 is 21.4 Å². The third kappa shape index (κ3) is 5.02. The summed E-state index contributed by atoms with van der Waals surface area (Å²) in [6.07, 6.45) is 2.01. The summed E-state index contributed by atoms with van der Waals surface area (Å²) >= 11 is 0. The van der Waals surface area contributed by atoms with Crippen LogP contribution in [0.2, 0.25) is 0 Å². The molecular weight excluding hydrogens is 276 g/mol. The topological polar surface area (TPSA) is 78.4 Å². The number of nitrogens with one attached hydrogen (secondary N) is 2. The molecule has 1 atom stereocenters. The van der Waals surface area contributed by atoms with E-state index >= 15 is 0 Å². The molecule has 0 fully saturated rings. The van der Waals surface area contributed by atoms with Crippen LogP contribution in [0.1, 0.15) is 25.8 Å². The highest BCUT2D eigenvalue weighted by atomic mass is 32.2. The fraction of sp³-hybridized carbons (Fsp3) is 0.571. The lowest BCUT2D eigenvalue weighted by Gasteiger charge is -2.26. The molecule has 6 heteroatoms. The molecule has 0 aliphatic carbocycles. The second kappa shape index (κ2) is 6.45. The first-order chi connectivity index (χ1) is 9.19. The standard InChI is InChI=1S/C14H24N2O3S/c1-5-14(3,10-17)9-15-12-6-7-13(11(2)8-12)16-20(4,18)19/h6-8,15-17H,5,9-10H2,1-4H3. The van der Waals surface area contributed by atoms with Crippen molar-refractivity contribution < 1.29 is 13.5 Å². The van der Waals surface area contributed by atoms with Gasteiger partial charge in [-0.3, -0.25) is 4.72 Å². The summed E-state index contributed by atoms with van der Waals surface area (Å²) in [5.41, 5.74) is 2.19. The monoisotopic (exact) mass is 300 g/mol. The maximum Gasteiger partial charge on any atom is 0.229 e. The highest BCUT2D eigenvalue weighted by molar-refractivity contribution is 7.92. The Kier molecular flexibility index (Phi) is 5.42. The smallest absolute Gasteiger partial charge is 0.229 e. The van der Waals surface area contributed by atoms with Gasteiger partial charge >= 0.3 is 0 Å². The van der Waals surface area contributed by atoms with Crippen molar-refractivity contribution in [3.63, 3.8) is 0 Å². The van der Waals surface area contributed by atoms with E-state index in [0.29, 0.717) is 12.2 Å². The normalized spacial score (nSPS) is 14.7. The molecule has 0 radical (unpaired) electrons. The van der Waals surface area contributed by atoms with E-state index in [1.54, 1.807) is 6.07 Å². The lowest BCUT2D eigenvalue weighted by Crippen LogP contribution is -2.29. The van der Waals surface area contributed by atoms with Crippen molar-refractivity contribution in [2.24, 2.45) is 5.41 Å². The van der Waals surface area contributed by atoms with Gasteiger partial charge in [0.2, 0.25) is 10.0 Å². The van der Waals surface area contributed by atoms with E-state index in [9.17, 15) is 13.5 Å². The van der Waals surface area contributed by atoms with Crippen molar-refractivity contribution in [2.45, 2.75) is 27.2 Å². The zero-order valence-corrected chi connectivity index (χ0v) is 13.3. The second-order valence-electron chi connectivity index (χ2n) is 5.58. The molecule has 5 nitrogen and oxygen atoms in total. The van der Waals surface area contributed by atoms with Gasteiger partial charge in [0, 0.05) is 17.6 Å². The molecule has 0 aliphatic heterocycles. The Bertz CT molecular complexity index is 552. The molecule has 1 aromatic rings. The van der Waals surface area contributed by atoms with Crippen LogP contribution in [0.5, 0.6) is 0 Å². The molecule has 1 rings (SSSR count). The first kappa shape index (κ1) is 16.8. The van der Waals surface area contributed by atoms with Gasteiger partial charge in [-0.15, -0.1) is 0 Å². The molecule has 0 bridgehead atoms. The van der Waals surface area contributed by atoms with Crippen LogP contribution in [0.4, 0.5) is 11.4 Å². The molecular formula is C14H24N2O3S. The van der Waals surface area contributed by atoms with Gasteiger partial charge in [-0.05, 0) is 37.1 Å². The van der Waals surface area contributed by atoms with E-state index in [2.05, 4.69) is 10.0 Å². The maximum atomic E-state index is 11.2. The largest absolute Gasteiger partial charge is 0.396 e. The number of hydrogen-bond acceptors (Lipinski definition) is 4. The molecule has 0 saturated carbocycles. The zero-order chi connectivity index (χ0) is 15.4. The second-order valence-corrected chi connectivity index (χ2v) is 7.33. The molecule has 3 N–H and O–H groups in total. The number of sulfonamides is 1. The third-order valence-electron chi connectivity index (χ3n) is 3.48. The quantitative estimate of drug-likeness (QED) is 0.721. The van der Waals surface area contributed by atoms with Gasteiger partial charge in [0.05, 0.1) is 18.6 Å². The molecule has 114 valence electrons. The van der Waals surface area contributed by atoms with E-state index < -0.39 is 10.0 Å². The first-order valence-corrected chi connectivity index (χ1v) is 8.51. The van der Waals surface area contributed by atoms with Crippen LogP contribution in [0.3, 0.4) is 0 Å². The van der Waals surface area contributed by atoms with Crippen molar-refractivity contribution in [2.75, 3.05) is 29.4 Å². The van der Waals surface area contributed by atoms with Gasteiger partial charge in [-0.1, -0.05) is 13.8 Å². The predicted octanol–water partition coefficient (Wildman–Crippen LogP) is 2.19. The Balaban J connectivity index is 2.78. The molecule has 0 spiro atoms. The number of anilines is 2. The number of hydrogen-bond donors (Lipinski definition) is 3. The number of benzene rings is 1. The van der Waals surface area contributed by atoms with Gasteiger partial charge in [0.25, 0.3) is 0 Å². The summed E-state index contributed by atoms with van der Waals surface area (Å²) < 4.78 is 24.9. The van der Waals surface area contributed by atoms with Gasteiger partial charge < -0.3 is 10.4 Å². The van der Waals surface area contributed by atoms with Crippen molar-refractivity contribution in [1.82, 2.24) is 0 Å². The number of aryl methyl sites for hydroxylation is 1. The van der Waals surface area contributed by atoms with Gasteiger partial charge in [-0.25, -0.2) is 8.42 Å². The van der Waals surface area contributed by atoms with Crippen LogP contribution in [-0.2, 0) is 10.0 Å². The third-order valence-corrected chi connectivity index (χ3v) is 4.07. The summed E-state index contributed by atoms with van der Waals surface area (Å²) in [6, 6.07) is 5.45. The minimum Gasteiger partial charge on any atom is -0.396 e. The Labute approximate surface area is 121 Å². The van der Waals surface area contributed by atoms with Gasteiger partial charge in [0.15, 0.2) is 0 Å². The van der Waals surface area contributed by atoms with Crippen LogP contribution >= 0.6 is 0 Å². The summed E-state index contributed by atoms with van der Waals surface area (Å²) in [5, 5.41) is 12.7. The van der Waals surface area contributed by atoms with E-state index in [0.717, 1.165) is 23.9 Å². The lowest BCUT2D eigenvalue weighted by molar-refractivity contribution is 0.149. The average molecular weight is 300 g/mol. The summed E-state index contributed by atoms with van der Waals surface area (Å²) in [7, 11) is -3.26. The molecule has 0 heterocycles. The van der Waals surface area contributed by atoms with Crippen molar-refractivity contribution in [3.05, 3.63) is 23.8 Å². The molecule has 20 heavy (non-hydrogen) atoms. The predicted molar refractivity (Wildman–Crippen MR) is 83.6 cm³/mol. The average Bonchev–Trinajstić information content (AvgIpc) is 2.37. The Morgan fingerprint density at radius 3 is 2.45 bits per heavy atom. The molecule has 0 saturated heterocycles. The fourth-order valence-electron chi connectivity index (χ4n) is 1.70. The van der Waals surface area contributed by atoms with Crippen LogP contribution in [-0.4, -0.2) is 32.9 Å². The van der Waals surface area contributed by atoms with E-state index in [4.69, 9.17) is 0 Å². The number of rotatable bonds is 7. The van der Waals surface area contributed by atoms with E-state index in [1.165, 1.54) is 0 Å². The highest BCUT2D eigenvalue weighted by Crippen LogP contribution is 2.24. The van der Waals surface area contributed by atoms with Gasteiger partial charge in [0.1, 0.15) is 0 Å². The lowest BCUT2D eigenvalue weighted by atomic mass is 9.88. The van der Waals surface area contributed by atoms with Crippen LogP contribution in [0, 0.1) is 12.3 Å². The molecule has 0 aliphatic rings. The minimum atomic E-state index is -3.26. The van der Waals surface area contributed by atoms with E-state index in [-0.39, 0.29) is 12.0 Å². The number of aliphatic hydroxyl groups is 1. The van der Waals surface area contributed by atoms with E-state index in [1.807, 2.05) is 32.9 Å². The highest BCUT2D eigenvalue weighted by Gasteiger charge is 2.20. The fourth-order valence-corrected chi connectivity index (χ4v) is 2.32. The summed E-state index contributed by atoms with van der Waals surface area (Å²) in [6.45, 7) is 6.71. The summed E-state index contributed by atoms with van der Waals surface area (Å²) in [4.78, 5) is 0. The first-order valence-electron chi connectivity index (χ1n) is 6.62. The number of aliphatic hydroxyl groups excluding tert-OH is 1. The SMILES string of the molecule is CCC(C)(CO)CNc1ccc(NS(C)(=O)=O)c(C)c1. The van der Waals surface area contributed by atoms with Crippen LogP contribution in [0.25, 0.3) is 0 Å². The molecule has 1 unspecified atom stereocenters. The minimum absolute atomic E-state index is 0.128. The molecule has 0 amide bonds. The Morgan fingerprint density at radius 2 is 2.00 bits per heavy atom.